The van der Waals surface area contributed by atoms with Crippen molar-refractivity contribution >= 4 is 64.6 Å². The molecule has 8 heteroatoms. The lowest BCUT2D eigenvalue weighted by Crippen LogP contribution is -2.02. The number of methoxy groups -OCH3 is 6. The van der Waals surface area contributed by atoms with Crippen LogP contribution in [-0.2, 0) is 0 Å². The summed E-state index contributed by atoms with van der Waals surface area (Å²) in [6.45, 7) is 4.90. The molecule has 0 saturated carbocycles. The van der Waals surface area contributed by atoms with Gasteiger partial charge < -0.3 is 37.9 Å². The highest BCUT2D eigenvalue weighted by Gasteiger charge is 2.29. The van der Waals surface area contributed by atoms with Crippen LogP contribution < -0.4 is 37.9 Å². The molecule has 0 atom stereocenters. The van der Waals surface area contributed by atoms with Gasteiger partial charge in [0.15, 0.2) is 0 Å². The average Bonchev–Trinajstić information content (AvgIpc) is 3.06. The van der Waals surface area contributed by atoms with Gasteiger partial charge in [0, 0.05) is 22.9 Å². The van der Waals surface area contributed by atoms with Gasteiger partial charge in [0.1, 0.15) is 46.0 Å². The summed E-state index contributed by atoms with van der Waals surface area (Å²) in [5.74, 6) is 5.38. The van der Waals surface area contributed by atoms with Crippen molar-refractivity contribution in [2.24, 2.45) is 0 Å². The monoisotopic (exact) mass is 594 g/mol. The molecule has 226 valence electrons. The second kappa shape index (κ2) is 10.3. The minimum atomic E-state index is 0.484. The van der Waals surface area contributed by atoms with Gasteiger partial charge in [-0.15, -0.1) is 0 Å². The van der Waals surface area contributed by atoms with Gasteiger partial charge in [-0.05, 0) is 70.4 Å². The topological polar surface area (TPSA) is 73.8 Å². The first kappa shape index (κ1) is 27.8. The van der Waals surface area contributed by atoms with Crippen LogP contribution in [0.25, 0.3) is 64.6 Å². The maximum Gasteiger partial charge on any atom is 0.134 e. The van der Waals surface area contributed by atoms with E-state index in [-0.39, 0.29) is 0 Å². The van der Waals surface area contributed by atoms with Crippen LogP contribution in [0.15, 0.2) is 36.4 Å². The molecule has 0 unspecified atom stereocenters. The van der Waals surface area contributed by atoms with E-state index in [1.807, 2.05) is 26.0 Å². The zero-order chi connectivity index (χ0) is 30.9. The van der Waals surface area contributed by atoms with Crippen LogP contribution in [-0.4, -0.2) is 55.9 Å². The van der Waals surface area contributed by atoms with Crippen molar-refractivity contribution < 1.29 is 37.9 Å². The lowest BCUT2D eigenvalue weighted by Gasteiger charge is -2.25. The van der Waals surface area contributed by atoms with E-state index < -0.39 is 0 Å². The average molecular weight is 595 g/mol. The zero-order valence-corrected chi connectivity index (χ0v) is 26.1. The van der Waals surface area contributed by atoms with Crippen LogP contribution in [0.5, 0.6) is 46.0 Å². The molecule has 7 aromatic rings. The number of benzene rings is 7. The summed E-state index contributed by atoms with van der Waals surface area (Å²) in [4.78, 5) is 0. The van der Waals surface area contributed by atoms with E-state index in [1.54, 1.807) is 42.7 Å². The Hall–Kier alpha value is -4.98. The maximum absolute atomic E-state index is 6.18. The van der Waals surface area contributed by atoms with E-state index in [4.69, 9.17) is 37.9 Å². The Balaban J connectivity index is 1.88. The number of rotatable bonds is 10. The molecule has 0 aliphatic rings. The van der Waals surface area contributed by atoms with Gasteiger partial charge in [-0.1, -0.05) is 0 Å². The quantitative estimate of drug-likeness (QED) is 0.116. The van der Waals surface area contributed by atoms with Gasteiger partial charge in [-0.2, -0.15) is 0 Å². The molecule has 7 aromatic carbocycles. The molecular weight excluding hydrogens is 560 g/mol. The summed E-state index contributed by atoms with van der Waals surface area (Å²) in [5.41, 5.74) is 0. The van der Waals surface area contributed by atoms with Crippen molar-refractivity contribution in [1.82, 2.24) is 0 Å². The molecular formula is C36H34O8. The number of hydrogen-bond acceptors (Lipinski definition) is 8. The van der Waals surface area contributed by atoms with Crippen molar-refractivity contribution in [3.63, 3.8) is 0 Å². The molecule has 0 heterocycles. The van der Waals surface area contributed by atoms with Crippen molar-refractivity contribution in [2.45, 2.75) is 13.8 Å². The van der Waals surface area contributed by atoms with Gasteiger partial charge in [0.25, 0.3) is 0 Å². The molecule has 0 amide bonds. The highest BCUT2D eigenvalue weighted by Crippen LogP contribution is 2.57. The second-order valence-corrected chi connectivity index (χ2v) is 10.5. The molecule has 0 N–H and O–H groups in total. The van der Waals surface area contributed by atoms with Crippen LogP contribution >= 0.6 is 0 Å². The molecule has 0 spiro atoms. The number of fused-ring (bicyclic) bond motifs is 2. The highest BCUT2D eigenvalue weighted by atomic mass is 16.5. The molecule has 44 heavy (non-hydrogen) atoms. The van der Waals surface area contributed by atoms with Gasteiger partial charge in [0.05, 0.1) is 77.4 Å². The van der Waals surface area contributed by atoms with E-state index in [0.29, 0.717) is 59.2 Å². The second-order valence-electron chi connectivity index (χ2n) is 10.5. The zero-order valence-electron chi connectivity index (χ0n) is 26.1. The van der Waals surface area contributed by atoms with Crippen LogP contribution in [0.2, 0.25) is 0 Å². The van der Waals surface area contributed by atoms with Crippen molar-refractivity contribution in [3.8, 4) is 46.0 Å². The fourth-order valence-corrected chi connectivity index (χ4v) is 7.03. The minimum absolute atomic E-state index is 0.484. The predicted octanol–water partition coefficient (Wildman–Crippen LogP) is 8.33. The largest absolute Gasteiger partial charge is 0.496 e. The van der Waals surface area contributed by atoms with E-state index >= 15 is 0 Å². The first-order valence-corrected chi connectivity index (χ1v) is 14.5. The Kier molecular flexibility index (Phi) is 6.53. The molecule has 0 aromatic heterocycles. The number of ether oxygens (including phenoxy) is 8. The molecule has 0 fully saturated rings. The lowest BCUT2D eigenvalue weighted by atomic mass is 9.83. The first-order valence-electron chi connectivity index (χ1n) is 14.5. The highest BCUT2D eigenvalue weighted by molar-refractivity contribution is 6.42. The van der Waals surface area contributed by atoms with Crippen LogP contribution in [0.1, 0.15) is 13.8 Å². The molecule has 0 saturated heterocycles. The van der Waals surface area contributed by atoms with E-state index in [0.717, 1.165) is 64.6 Å². The molecule has 0 aliphatic heterocycles. The minimum Gasteiger partial charge on any atom is -0.496 e. The van der Waals surface area contributed by atoms with E-state index in [2.05, 4.69) is 24.3 Å². The van der Waals surface area contributed by atoms with Gasteiger partial charge in [-0.25, -0.2) is 0 Å². The molecule has 7 rings (SSSR count). The molecule has 8 nitrogen and oxygen atoms in total. The maximum atomic E-state index is 6.18. The Morgan fingerprint density at radius 2 is 0.568 bits per heavy atom. The van der Waals surface area contributed by atoms with Crippen LogP contribution in [0, 0.1) is 0 Å². The smallest absolute Gasteiger partial charge is 0.134 e. The Morgan fingerprint density at radius 3 is 0.818 bits per heavy atom. The van der Waals surface area contributed by atoms with E-state index in [1.165, 1.54) is 0 Å². The van der Waals surface area contributed by atoms with Gasteiger partial charge >= 0.3 is 0 Å². The van der Waals surface area contributed by atoms with Gasteiger partial charge in [0.2, 0.25) is 0 Å². The molecule has 0 radical (unpaired) electrons. The summed E-state index contributed by atoms with van der Waals surface area (Å²) in [6, 6.07) is 12.2. The van der Waals surface area contributed by atoms with Crippen LogP contribution in [0.4, 0.5) is 0 Å². The SMILES string of the molecule is CCOc1cc(OC)c2c(OC)cc3c4cc(OC)c5c(OCC)cc(OC)c6c(OC)cc(c7cc(OC)c1c2c37)c4c65. The third-order valence-corrected chi connectivity index (χ3v) is 8.67. The third-order valence-electron chi connectivity index (χ3n) is 8.67. The Bertz CT molecular complexity index is 2040. The summed E-state index contributed by atoms with van der Waals surface area (Å²) in [5, 5.41) is 11.3. The van der Waals surface area contributed by atoms with Crippen LogP contribution in [0.3, 0.4) is 0 Å². The third kappa shape index (κ3) is 3.51. The fourth-order valence-electron chi connectivity index (χ4n) is 7.03. The van der Waals surface area contributed by atoms with E-state index in [9.17, 15) is 0 Å². The molecule has 0 bridgehead atoms. The summed E-state index contributed by atoms with van der Waals surface area (Å²) in [6.07, 6.45) is 0. The normalized spacial score (nSPS) is 11.8. The number of hydrogen-bond donors (Lipinski definition) is 0. The van der Waals surface area contributed by atoms with Gasteiger partial charge in [-0.3, -0.25) is 0 Å². The van der Waals surface area contributed by atoms with Crippen molar-refractivity contribution in [1.29, 1.82) is 0 Å². The van der Waals surface area contributed by atoms with Crippen molar-refractivity contribution in [3.05, 3.63) is 36.4 Å². The Morgan fingerprint density at radius 1 is 0.318 bits per heavy atom. The molecule has 0 aliphatic carbocycles. The Labute approximate surface area is 254 Å². The first-order chi connectivity index (χ1) is 21.5. The summed E-state index contributed by atoms with van der Waals surface area (Å²) >= 11 is 0. The fraction of sp³-hybridized carbons (Fsp3) is 0.278. The predicted molar refractivity (Wildman–Crippen MR) is 175 cm³/mol. The summed E-state index contributed by atoms with van der Waals surface area (Å²) in [7, 11) is 10.0. The van der Waals surface area contributed by atoms with Crippen molar-refractivity contribution in [2.75, 3.05) is 55.9 Å². The standard InChI is InChI=1S/C36H34O8/c1-9-43-27-15-25(41-7)31-21(37-3)11-17-20-14-24(40-6)34-28(44-10-2)16-26(42-8)32-22(38-4)12-18(30(20)36(32)34)19-13-23(39-5)33(27)35(31)29(17)19/h11-16H,9-10H2,1-8H3. The summed E-state index contributed by atoms with van der Waals surface area (Å²) < 4.78 is 48.5. The lowest BCUT2D eigenvalue weighted by molar-refractivity contribution is 0.338.